The number of aliphatic hydroxyl groups is 1. The topological polar surface area (TPSA) is 72.9 Å². The summed E-state index contributed by atoms with van der Waals surface area (Å²) < 4.78 is 39.9. The number of rotatable bonds is 4. The van der Waals surface area contributed by atoms with Gasteiger partial charge in [0.2, 0.25) is 0 Å². The molecule has 0 atom stereocenters. The van der Waals surface area contributed by atoms with Gasteiger partial charge in [-0.05, 0) is 42.9 Å². The van der Waals surface area contributed by atoms with Crippen molar-refractivity contribution in [1.82, 2.24) is 10.2 Å². The minimum Gasteiger partial charge on any atom is -0.395 e. The van der Waals surface area contributed by atoms with Gasteiger partial charge in [-0.15, -0.1) is 0 Å². The number of carbonyl (C=O) groups is 2. The Morgan fingerprint density at radius 2 is 1.97 bits per heavy atom. The molecule has 2 aliphatic heterocycles. The number of anilines is 1. The first-order chi connectivity index (χ1) is 13.7. The molecule has 2 amide bonds. The molecule has 2 heterocycles. The molecule has 1 aromatic carbocycles. The van der Waals surface area contributed by atoms with E-state index < -0.39 is 22.9 Å². The van der Waals surface area contributed by atoms with Crippen molar-refractivity contribution in [2.45, 2.75) is 12.6 Å². The van der Waals surface area contributed by atoms with Crippen LogP contribution in [0.4, 0.5) is 23.7 Å². The summed E-state index contributed by atoms with van der Waals surface area (Å²) in [6, 6.07) is 1.82. The quantitative estimate of drug-likeness (QED) is 0.688. The Labute approximate surface area is 174 Å². The first kappa shape index (κ1) is 21.9. The molecule has 0 bridgehead atoms. The molecule has 3 rings (SSSR count). The summed E-state index contributed by atoms with van der Waals surface area (Å²) in [4.78, 5) is 27.3. The van der Waals surface area contributed by atoms with Gasteiger partial charge >= 0.3 is 6.18 Å². The van der Waals surface area contributed by atoms with Crippen LogP contribution >= 0.6 is 23.4 Å². The molecule has 2 aliphatic rings. The lowest BCUT2D eigenvalue weighted by atomic mass is 10.1. The molecule has 11 heteroatoms. The van der Waals surface area contributed by atoms with Crippen molar-refractivity contribution in [3.63, 3.8) is 0 Å². The van der Waals surface area contributed by atoms with E-state index in [9.17, 15) is 22.8 Å². The van der Waals surface area contributed by atoms with Gasteiger partial charge in [0.05, 0.1) is 27.8 Å². The van der Waals surface area contributed by atoms with Crippen molar-refractivity contribution < 1.29 is 27.9 Å². The van der Waals surface area contributed by atoms with Crippen LogP contribution in [0.1, 0.15) is 17.5 Å². The predicted octanol–water partition coefficient (Wildman–Crippen LogP) is 3.19. The molecular formula is C18H19ClF3N3O3S. The van der Waals surface area contributed by atoms with Crippen LogP contribution in [0.5, 0.6) is 0 Å². The van der Waals surface area contributed by atoms with E-state index in [0.717, 1.165) is 25.1 Å². The average Bonchev–Trinajstić information content (AvgIpc) is 2.80. The Hall–Kier alpha value is -1.75. The molecule has 0 aliphatic carbocycles. The summed E-state index contributed by atoms with van der Waals surface area (Å²) in [6.45, 7) is 2.96. The zero-order chi connectivity index (χ0) is 21.2. The molecule has 2 saturated heterocycles. The molecule has 0 saturated carbocycles. The Morgan fingerprint density at radius 1 is 1.21 bits per heavy atom. The van der Waals surface area contributed by atoms with Crippen molar-refractivity contribution in [2.24, 2.45) is 0 Å². The number of aliphatic hydroxyl groups excluding tert-OH is 1. The summed E-state index contributed by atoms with van der Waals surface area (Å²) in [5.41, 5.74) is -0.400. The normalized spacial score (nSPS) is 20.3. The number of β-amino-alcohol motifs (C(OH)–C–C–N with tert-alkyl or cyclic N) is 1. The van der Waals surface area contributed by atoms with E-state index in [1.807, 2.05) is 4.90 Å². The second kappa shape index (κ2) is 8.95. The fourth-order valence-electron chi connectivity index (χ4n) is 3.35. The third-order valence-electron chi connectivity index (χ3n) is 4.67. The van der Waals surface area contributed by atoms with Crippen LogP contribution in [0.2, 0.25) is 5.02 Å². The zero-order valence-electron chi connectivity index (χ0n) is 15.3. The number of nitrogens with zero attached hydrogens (tertiary/aromatic N) is 2. The summed E-state index contributed by atoms with van der Waals surface area (Å²) in [7, 11) is 0. The van der Waals surface area contributed by atoms with Crippen LogP contribution in [0.3, 0.4) is 0 Å². The second-order valence-corrected chi connectivity index (χ2v) is 8.07. The van der Waals surface area contributed by atoms with Gasteiger partial charge in [-0.3, -0.25) is 19.8 Å². The number of thioether (sulfide) groups is 1. The lowest BCUT2D eigenvalue weighted by molar-refractivity contribution is -0.137. The molecule has 158 valence electrons. The van der Waals surface area contributed by atoms with E-state index in [2.05, 4.69) is 10.2 Å². The van der Waals surface area contributed by atoms with Crippen molar-refractivity contribution in [1.29, 1.82) is 0 Å². The Bertz CT molecular complexity index is 848. The molecule has 0 unspecified atom stereocenters. The number of hydrogen-bond donors (Lipinski definition) is 2. The molecule has 2 N–H and O–H groups in total. The SMILES string of the molecule is O=C1NC(=O)/C(=C\c2cc(C(F)(F)F)cc(Cl)c2N2CCCN(CCO)CC2)S1. The van der Waals surface area contributed by atoms with Crippen molar-refractivity contribution in [2.75, 3.05) is 44.2 Å². The maximum absolute atomic E-state index is 13.3. The van der Waals surface area contributed by atoms with Crippen LogP contribution < -0.4 is 10.2 Å². The van der Waals surface area contributed by atoms with Gasteiger partial charge in [-0.2, -0.15) is 13.2 Å². The predicted molar refractivity (Wildman–Crippen MR) is 106 cm³/mol. The van der Waals surface area contributed by atoms with Gasteiger partial charge in [-0.25, -0.2) is 0 Å². The molecule has 0 aromatic heterocycles. The maximum Gasteiger partial charge on any atom is 0.416 e. The van der Waals surface area contributed by atoms with Crippen LogP contribution in [0, 0.1) is 0 Å². The highest BCUT2D eigenvalue weighted by Gasteiger charge is 2.33. The summed E-state index contributed by atoms with van der Waals surface area (Å²) in [6.07, 6.45) is -2.59. The van der Waals surface area contributed by atoms with E-state index in [4.69, 9.17) is 16.7 Å². The van der Waals surface area contributed by atoms with Gasteiger partial charge in [0.15, 0.2) is 0 Å². The summed E-state index contributed by atoms with van der Waals surface area (Å²) in [5, 5.41) is 10.6. The van der Waals surface area contributed by atoms with Crippen LogP contribution in [-0.4, -0.2) is 60.5 Å². The fraction of sp³-hybridized carbons (Fsp3) is 0.444. The van der Waals surface area contributed by atoms with E-state index in [1.165, 1.54) is 6.08 Å². The van der Waals surface area contributed by atoms with Crippen LogP contribution in [0.25, 0.3) is 6.08 Å². The van der Waals surface area contributed by atoms with Crippen molar-refractivity contribution >= 4 is 46.3 Å². The number of benzene rings is 1. The number of halogens is 4. The first-order valence-corrected chi connectivity index (χ1v) is 10.1. The highest BCUT2D eigenvalue weighted by Crippen LogP contribution is 2.40. The third-order valence-corrected chi connectivity index (χ3v) is 5.77. The Kier molecular flexibility index (Phi) is 6.77. The summed E-state index contributed by atoms with van der Waals surface area (Å²) in [5.74, 6) is -0.649. The van der Waals surface area contributed by atoms with Gasteiger partial charge < -0.3 is 10.0 Å². The van der Waals surface area contributed by atoms with E-state index in [0.29, 0.717) is 43.6 Å². The van der Waals surface area contributed by atoms with E-state index in [1.54, 1.807) is 0 Å². The molecule has 0 radical (unpaired) electrons. The van der Waals surface area contributed by atoms with Crippen molar-refractivity contribution in [3.05, 3.63) is 33.2 Å². The van der Waals surface area contributed by atoms with Crippen LogP contribution in [-0.2, 0) is 11.0 Å². The largest absolute Gasteiger partial charge is 0.416 e. The lowest BCUT2D eigenvalue weighted by Gasteiger charge is -2.27. The van der Waals surface area contributed by atoms with E-state index in [-0.39, 0.29) is 22.1 Å². The number of alkyl halides is 3. The molecular weight excluding hydrogens is 431 g/mol. The summed E-state index contributed by atoms with van der Waals surface area (Å²) >= 11 is 6.91. The fourth-order valence-corrected chi connectivity index (χ4v) is 4.37. The molecule has 2 fully saturated rings. The smallest absolute Gasteiger partial charge is 0.395 e. The van der Waals surface area contributed by atoms with Gasteiger partial charge in [0.25, 0.3) is 11.1 Å². The number of hydrogen-bond acceptors (Lipinski definition) is 6. The number of nitrogens with one attached hydrogen (secondary N) is 1. The molecule has 6 nitrogen and oxygen atoms in total. The standard InChI is InChI=1S/C18H19ClF3N3O3S/c19-13-10-12(18(20,21)22)8-11(9-14-16(27)23-17(28)29-14)15(13)25-3-1-2-24(4-5-25)6-7-26/h8-10,26H,1-7H2,(H,23,27,28)/b14-9+. The maximum atomic E-state index is 13.3. The highest BCUT2D eigenvalue weighted by atomic mass is 35.5. The number of amides is 2. The lowest BCUT2D eigenvalue weighted by Crippen LogP contribution is -2.32. The third kappa shape index (κ3) is 5.25. The monoisotopic (exact) mass is 449 g/mol. The van der Waals surface area contributed by atoms with Gasteiger partial charge in [-0.1, -0.05) is 11.6 Å². The molecule has 0 spiro atoms. The van der Waals surface area contributed by atoms with Gasteiger partial charge in [0, 0.05) is 31.7 Å². The molecule has 29 heavy (non-hydrogen) atoms. The number of carbonyl (C=O) groups excluding carboxylic acids is 2. The number of imide groups is 1. The minimum atomic E-state index is -4.60. The minimum absolute atomic E-state index is 0.0170. The van der Waals surface area contributed by atoms with Gasteiger partial charge in [0.1, 0.15) is 0 Å². The van der Waals surface area contributed by atoms with Crippen LogP contribution in [0.15, 0.2) is 17.0 Å². The Balaban J connectivity index is 2.02. The average molecular weight is 450 g/mol. The first-order valence-electron chi connectivity index (χ1n) is 8.93. The van der Waals surface area contributed by atoms with E-state index >= 15 is 0 Å². The van der Waals surface area contributed by atoms with Crippen molar-refractivity contribution in [3.8, 4) is 0 Å². The second-order valence-electron chi connectivity index (χ2n) is 6.65. The Morgan fingerprint density at radius 3 is 2.59 bits per heavy atom. The highest BCUT2D eigenvalue weighted by molar-refractivity contribution is 8.18. The molecule has 1 aromatic rings. The zero-order valence-corrected chi connectivity index (χ0v) is 16.8.